The van der Waals surface area contributed by atoms with E-state index in [4.69, 9.17) is 5.11 Å². The van der Waals surface area contributed by atoms with Gasteiger partial charge in [0.1, 0.15) is 0 Å². The Morgan fingerprint density at radius 2 is 1.89 bits per heavy atom. The molecule has 0 amide bonds. The summed E-state index contributed by atoms with van der Waals surface area (Å²) in [6, 6.07) is -0.0386. The second kappa shape index (κ2) is 6.24. The van der Waals surface area contributed by atoms with Crippen molar-refractivity contribution in [2.45, 2.75) is 58.2 Å². The first-order valence-corrected chi connectivity index (χ1v) is 6.65. The highest BCUT2D eigenvalue weighted by molar-refractivity contribution is 4.83. The summed E-state index contributed by atoms with van der Waals surface area (Å²) < 4.78 is 37.9. The molecule has 5 heteroatoms. The van der Waals surface area contributed by atoms with Gasteiger partial charge in [0.05, 0.1) is 5.92 Å². The van der Waals surface area contributed by atoms with Gasteiger partial charge in [0.25, 0.3) is 0 Å². The molecule has 0 spiro atoms. The summed E-state index contributed by atoms with van der Waals surface area (Å²) in [5, 5.41) is 12.1. The Labute approximate surface area is 107 Å². The van der Waals surface area contributed by atoms with Gasteiger partial charge in [-0.3, -0.25) is 0 Å². The number of alkyl halides is 3. The fourth-order valence-corrected chi connectivity index (χ4v) is 2.48. The summed E-state index contributed by atoms with van der Waals surface area (Å²) in [7, 11) is 0. The van der Waals surface area contributed by atoms with E-state index < -0.39 is 12.1 Å². The third kappa shape index (κ3) is 5.14. The Morgan fingerprint density at radius 3 is 2.44 bits per heavy atom. The smallest absolute Gasteiger partial charge is 0.391 e. The van der Waals surface area contributed by atoms with Crippen LogP contribution in [0.25, 0.3) is 0 Å². The highest BCUT2D eigenvalue weighted by atomic mass is 19.4. The van der Waals surface area contributed by atoms with Crippen molar-refractivity contribution in [1.82, 2.24) is 5.32 Å². The third-order valence-electron chi connectivity index (χ3n) is 3.79. The fraction of sp³-hybridized carbons (Fsp3) is 1.00. The van der Waals surface area contributed by atoms with E-state index in [2.05, 4.69) is 5.32 Å². The Bertz CT molecular complexity index is 253. The number of aliphatic hydroxyl groups is 1. The molecule has 1 aliphatic carbocycles. The molecule has 0 bridgehead atoms. The van der Waals surface area contributed by atoms with Crippen molar-refractivity contribution in [3.05, 3.63) is 0 Å². The van der Waals surface area contributed by atoms with Crippen LogP contribution in [0.15, 0.2) is 0 Å². The molecule has 0 radical (unpaired) electrons. The summed E-state index contributed by atoms with van der Waals surface area (Å²) in [4.78, 5) is 0. The second-order valence-electron chi connectivity index (χ2n) is 6.12. The highest BCUT2D eigenvalue weighted by Gasteiger charge is 2.42. The van der Waals surface area contributed by atoms with E-state index in [0.717, 1.165) is 6.42 Å². The minimum absolute atomic E-state index is 0.0386. The average molecular weight is 267 g/mol. The SMILES string of the molecule is CC(C)(CCO)CNC1CCCC(C(F)(F)F)C1. The van der Waals surface area contributed by atoms with Crippen molar-refractivity contribution in [2.75, 3.05) is 13.2 Å². The maximum absolute atomic E-state index is 12.6. The molecule has 1 aliphatic rings. The van der Waals surface area contributed by atoms with E-state index in [1.54, 1.807) is 0 Å². The lowest BCUT2D eigenvalue weighted by Gasteiger charge is -2.34. The molecule has 0 aromatic heterocycles. The van der Waals surface area contributed by atoms with Crippen LogP contribution >= 0.6 is 0 Å². The van der Waals surface area contributed by atoms with Crippen LogP contribution in [-0.2, 0) is 0 Å². The van der Waals surface area contributed by atoms with E-state index >= 15 is 0 Å². The molecule has 2 nitrogen and oxygen atoms in total. The zero-order chi connectivity index (χ0) is 13.8. The van der Waals surface area contributed by atoms with Crippen LogP contribution in [-0.4, -0.2) is 30.5 Å². The first-order chi connectivity index (χ1) is 8.24. The molecule has 0 aliphatic heterocycles. The molecule has 108 valence electrons. The van der Waals surface area contributed by atoms with Crippen molar-refractivity contribution in [3.8, 4) is 0 Å². The first-order valence-electron chi connectivity index (χ1n) is 6.65. The van der Waals surface area contributed by atoms with Crippen molar-refractivity contribution in [3.63, 3.8) is 0 Å². The number of rotatable bonds is 5. The summed E-state index contributed by atoms with van der Waals surface area (Å²) >= 11 is 0. The van der Waals surface area contributed by atoms with E-state index in [9.17, 15) is 13.2 Å². The van der Waals surface area contributed by atoms with E-state index in [0.29, 0.717) is 19.4 Å². The molecule has 2 N–H and O–H groups in total. The normalized spacial score (nSPS) is 26.3. The van der Waals surface area contributed by atoms with Crippen LogP contribution in [0.2, 0.25) is 0 Å². The van der Waals surface area contributed by atoms with Crippen LogP contribution in [0.1, 0.15) is 46.0 Å². The monoisotopic (exact) mass is 267 g/mol. The van der Waals surface area contributed by atoms with Crippen LogP contribution in [0.5, 0.6) is 0 Å². The maximum Gasteiger partial charge on any atom is 0.391 e. The van der Waals surface area contributed by atoms with Crippen LogP contribution in [0, 0.1) is 11.3 Å². The Kier molecular flexibility index (Phi) is 5.46. The van der Waals surface area contributed by atoms with Crippen LogP contribution in [0.3, 0.4) is 0 Å². The van der Waals surface area contributed by atoms with Crippen LogP contribution in [0.4, 0.5) is 13.2 Å². The second-order valence-corrected chi connectivity index (χ2v) is 6.12. The Balaban J connectivity index is 2.39. The zero-order valence-electron chi connectivity index (χ0n) is 11.2. The minimum Gasteiger partial charge on any atom is -0.396 e. The van der Waals surface area contributed by atoms with Crippen LogP contribution < -0.4 is 5.32 Å². The molecule has 0 aromatic carbocycles. The molecule has 0 saturated heterocycles. The fourth-order valence-electron chi connectivity index (χ4n) is 2.48. The Hall–Kier alpha value is -0.290. The molecule has 0 aromatic rings. The topological polar surface area (TPSA) is 32.3 Å². The molecular weight excluding hydrogens is 243 g/mol. The molecule has 1 fully saturated rings. The van der Waals surface area contributed by atoms with Gasteiger partial charge in [0, 0.05) is 19.2 Å². The largest absolute Gasteiger partial charge is 0.396 e. The number of halogens is 3. The van der Waals surface area contributed by atoms with Gasteiger partial charge >= 0.3 is 6.18 Å². The number of hydrogen-bond donors (Lipinski definition) is 2. The minimum atomic E-state index is -4.05. The predicted molar refractivity (Wildman–Crippen MR) is 65.3 cm³/mol. The van der Waals surface area contributed by atoms with Gasteiger partial charge in [-0.15, -0.1) is 0 Å². The van der Waals surface area contributed by atoms with E-state index in [-0.39, 0.29) is 30.9 Å². The molecule has 18 heavy (non-hydrogen) atoms. The summed E-state index contributed by atoms with van der Waals surface area (Å²) in [5.41, 5.74) is -0.0695. The lowest BCUT2D eigenvalue weighted by molar-refractivity contribution is -0.183. The number of nitrogens with one attached hydrogen (secondary N) is 1. The molecule has 1 saturated carbocycles. The number of hydrogen-bond acceptors (Lipinski definition) is 2. The zero-order valence-corrected chi connectivity index (χ0v) is 11.2. The van der Waals surface area contributed by atoms with Gasteiger partial charge in [0.2, 0.25) is 0 Å². The van der Waals surface area contributed by atoms with E-state index in [1.807, 2.05) is 13.8 Å². The van der Waals surface area contributed by atoms with Crippen molar-refractivity contribution >= 4 is 0 Å². The molecule has 2 unspecified atom stereocenters. The third-order valence-corrected chi connectivity index (χ3v) is 3.79. The van der Waals surface area contributed by atoms with Gasteiger partial charge < -0.3 is 10.4 Å². The lowest BCUT2D eigenvalue weighted by Crippen LogP contribution is -2.42. The van der Waals surface area contributed by atoms with Crippen molar-refractivity contribution in [1.29, 1.82) is 0 Å². The van der Waals surface area contributed by atoms with Gasteiger partial charge in [-0.25, -0.2) is 0 Å². The maximum atomic E-state index is 12.6. The van der Waals surface area contributed by atoms with Gasteiger partial charge in [-0.05, 0) is 31.1 Å². The summed E-state index contributed by atoms with van der Waals surface area (Å²) in [6.07, 6.45) is -1.47. The molecule has 1 rings (SSSR count). The average Bonchev–Trinajstić information content (AvgIpc) is 2.26. The van der Waals surface area contributed by atoms with Gasteiger partial charge in [-0.2, -0.15) is 13.2 Å². The van der Waals surface area contributed by atoms with Crippen molar-refractivity contribution in [2.24, 2.45) is 11.3 Å². The van der Waals surface area contributed by atoms with Crippen molar-refractivity contribution < 1.29 is 18.3 Å². The summed E-state index contributed by atoms with van der Waals surface area (Å²) in [5.74, 6) is -1.15. The summed E-state index contributed by atoms with van der Waals surface area (Å²) in [6.45, 7) is 4.80. The lowest BCUT2D eigenvalue weighted by atomic mass is 9.84. The quantitative estimate of drug-likeness (QED) is 0.802. The predicted octanol–water partition coefficient (Wildman–Crippen LogP) is 3.11. The van der Waals surface area contributed by atoms with Gasteiger partial charge in [0.15, 0.2) is 0 Å². The number of aliphatic hydroxyl groups excluding tert-OH is 1. The standard InChI is InChI=1S/C13H24F3NO/c1-12(2,6-7-18)9-17-11-5-3-4-10(8-11)13(14,15)16/h10-11,17-18H,3-9H2,1-2H3. The molecule has 0 heterocycles. The highest BCUT2D eigenvalue weighted by Crippen LogP contribution is 2.37. The molecule has 2 atom stereocenters. The molecular formula is C13H24F3NO. The van der Waals surface area contributed by atoms with Gasteiger partial charge in [-0.1, -0.05) is 20.3 Å². The van der Waals surface area contributed by atoms with E-state index in [1.165, 1.54) is 0 Å². The first kappa shape index (κ1) is 15.8. The Morgan fingerprint density at radius 1 is 1.22 bits per heavy atom.